The summed E-state index contributed by atoms with van der Waals surface area (Å²) in [6, 6.07) is 9.55. The van der Waals surface area contributed by atoms with Crippen molar-refractivity contribution in [3.8, 4) is 0 Å². The van der Waals surface area contributed by atoms with Gasteiger partial charge in [-0.2, -0.15) is 0 Å². The van der Waals surface area contributed by atoms with E-state index in [1.54, 1.807) is 12.4 Å². The number of nitrogens with two attached hydrogens (primary N) is 1. The molecule has 0 fully saturated rings. The van der Waals surface area contributed by atoms with Crippen molar-refractivity contribution in [3.63, 3.8) is 0 Å². The summed E-state index contributed by atoms with van der Waals surface area (Å²) in [4.78, 5) is 8.39. The van der Waals surface area contributed by atoms with Crippen molar-refractivity contribution in [2.45, 2.75) is 6.42 Å². The van der Waals surface area contributed by atoms with Crippen LogP contribution in [-0.2, 0) is 6.42 Å². The lowest BCUT2D eigenvalue weighted by molar-refractivity contribution is 0.954. The van der Waals surface area contributed by atoms with Gasteiger partial charge in [0, 0.05) is 31.1 Å². The Labute approximate surface area is 94.5 Å². The average Bonchev–Trinajstić information content (AvgIpc) is 2.33. The molecule has 0 unspecified atom stereocenters. The number of pyridine rings is 2. The summed E-state index contributed by atoms with van der Waals surface area (Å²) in [7, 11) is 0. The molecule has 0 bridgehead atoms. The van der Waals surface area contributed by atoms with Gasteiger partial charge >= 0.3 is 0 Å². The Hall–Kier alpha value is -2.10. The zero-order chi connectivity index (χ0) is 11.2. The fraction of sp³-hybridized carbons (Fsp3) is 0.167. The van der Waals surface area contributed by atoms with Gasteiger partial charge in [-0.15, -0.1) is 0 Å². The summed E-state index contributed by atoms with van der Waals surface area (Å²) in [5, 5.41) is 3.19. The number of rotatable bonds is 4. The third-order valence-corrected chi connectivity index (χ3v) is 2.24. The van der Waals surface area contributed by atoms with E-state index in [1.165, 1.54) is 0 Å². The zero-order valence-corrected chi connectivity index (χ0v) is 8.93. The molecule has 2 heterocycles. The van der Waals surface area contributed by atoms with Gasteiger partial charge in [0.05, 0.1) is 5.69 Å². The van der Waals surface area contributed by atoms with Gasteiger partial charge in [0.1, 0.15) is 5.82 Å². The van der Waals surface area contributed by atoms with E-state index < -0.39 is 0 Å². The van der Waals surface area contributed by atoms with Gasteiger partial charge in [-0.3, -0.25) is 4.98 Å². The van der Waals surface area contributed by atoms with Gasteiger partial charge in [-0.05, 0) is 24.3 Å². The first-order chi connectivity index (χ1) is 7.86. The van der Waals surface area contributed by atoms with Crippen LogP contribution in [0.25, 0.3) is 0 Å². The van der Waals surface area contributed by atoms with Gasteiger partial charge < -0.3 is 11.1 Å². The maximum absolute atomic E-state index is 5.76. The first kappa shape index (κ1) is 10.4. The summed E-state index contributed by atoms with van der Waals surface area (Å²) in [6.07, 6.45) is 4.38. The molecule has 82 valence electrons. The van der Waals surface area contributed by atoms with Gasteiger partial charge in [-0.1, -0.05) is 6.07 Å². The number of nitrogens with one attached hydrogen (secondary N) is 1. The summed E-state index contributed by atoms with van der Waals surface area (Å²) in [6.45, 7) is 0.776. The molecule has 2 aromatic heterocycles. The van der Waals surface area contributed by atoms with Crippen LogP contribution < -0.4 is 11.1 Å². The monoisotopic (exact) mass is 214 g/mol. The van der Waals surface area contributed by atoms with Crippen molar-refractivity contribution >= 4 is 11.5 Å². The fourth-order valence-corrected chi connectivity index (χ4v) is 1.42. The molecule has 0 aliphatic carbocycles. The first-order valence-electron chi connectivity index (χ1n) is 5.20. The number of nitrogens with zero attached hydrogens (tertiary/aromatic N) is 2. The molecule has 16 heavy (non-hydrogen) atoms. The Morgan fingerprint density at radius 1 is 1.06 bits per heavy atom. The van der Waals surface area contributed by atoms with Crippen LogP contribution in [0.4, 0.5) is 11.5 Å². The summed E-state index contributed by atoms with van der Waals surface area (Å²) < 4.78 is 0. The standard InChI is InChI=1S/C12H14N4/c13-11-5-3-8-15-12(11)16-9-6-10-4-1-2-7-14-10/h1-5,7-8H,6,9,13H2,(H,15,16). The summed E-state index contributed by atoms with van der Waals surface area (Å²) >= 11 is 0. The Balaban J connectivity index is 1.87. The van der Waals surface area contributed by atoms with Crippen LogP contribution in [-0.4, -0.2) is 16.5 Å². The fourth-order valence-electron chi connectivity index (χ4n) is 1.42. The van der Waals surface area contributed by atoms with Crippen molar-refractivity contribution in [1.29, 1.82) is 0 Å². The van der Waals surface area contributed by atoms with E-state index in [2.05, 4.69) is 15.3 Å². The molecule has 0 spiro atoms. The lowest BCUT2D eigenvalue weighted by Crippen LogP contribution is -2.08. The van der Waals surface area contributed by atoms with Crippen LogP contribution in [0, 0.1) is 0 Å². The molecule has 0 aliphatic heterocycles. The Morgan fingerprint density at radius 2 is 1.94 bits per heavy atom. The first-order valence-corrected chi connectivity index (χ1v) is 5.20. The second-order valence-electron chi connectivity index (χ2n) is 3.44. The number of nitrogen functional groups attached to an aromatic ring is 1. The minimum atomic E-state index is 0.670. The average molecular weight is 214 g/mol. The number of hydrogen-bond donors (Lipinski definition) is 2. The van der Waals surface area contributed by atoms with Gasteiger partial charge in [0.15, 0.2) is 0 Å². The maximum Gasteiger partial charge on any atom is 0.149 e. The smallest absolute Gasteiger partial charge is 0.149 e. The van der Waals surface area contributed by atoms with E-state index >= 15 is 0 Å². The molecule has 0 atom stereocenters. The normalized spacial score (nSPS) is 10.0. The van der Waals surface area contributed by atoms with Gasteiger partial charge in [0.25, 0.3) is 0 Å². The molecule has 0 amide bonds. The lowest BCUT2D eigenvalue weighted by Gasteiger charge is -2.06. The number of anilines is 2. The minimum absolute atomic E-state index is 0.670. The quantitative estimate of drug-likeness (QED) is 0.813. The predicted octanol–water partition coefficient (Wildman–Crippen LogP) is 1.71. The topological polar surface area (TPSA) is 63.8 Å². The van der Waals surface area contributed by atoms with E-state index in [-0.39, 0.29) is 0 Å². The summed E-state index contributed by atoms with van der Waals surface area (Å²) in [5.41, 5.74) is 7.49. The van der Waals surface area contributed by atoms with E-state index in [4.69, 9.17) is 5.73 Å². The molecular formula is C12H14N4. The van der Waals surface area contributed by atoms with E-state index in [0.717, 1.165) is 24.5 Å². The molecule has 0 saturated carbocycles. The molecule has 4 heteroatoms. The Morgan fingerprint density at radius 3 is 2.69 bits per heavy atom. The highest BCUT2D eigenvalue weighted by atomic mass is 15.0. The molecule has 3 N–H and O–H groups in total. The van der Waals surface area contributed by atoms with Crippen LogP contribution in [0.15, 0.2) is 42.7 Å². The highest BCUT2D eigenvalue weighted by Crippen LogP contribution is 2.12. The largest absolute Gasteiger partial charge is 0.396 e. The second-order valence-corrected chi connectivity index (χ2v) is 3.44. The zero-order valence-electron chi connectivity index (χ0n) is 8.93. The molecule has 2 rings (SSSR count). The molecule has 0 aromatic carbocycles. The molecule has 2 aromatic rings. The van der Waals surface area contributed by atoms with Crippen LogP contribution in [0.2, 0.25) is 0 Å². The van der Waals surface area contributed by atoms with Crippen molar-refractivity contribution in [2.24, 2.45) is 0 Å². The molecule has 4 nitrogen and oxygen atoms in total. The Kier molecular flexibility index (Phi) is 3.33. The van der Waals surface area contributed by atoms with Crippen molar-refractivity contribution in [3.05, 3.63) is 48.4 Å². The molecule has 0 aliphatic rings. The minimum Gasteiger partial charge on any atom is -0.396 e. The number of aromatic nitrogens is 2. The van der Waals surface area contributed by atoms with Gasteiger partial charge in [-0.25, -0.2) is 4.98 Å². The molecular weight excluding hydrogens is 200 g/mol. The molecule has 0 radical (unpaired) electrons. The highest BCUT2D eigenvalue weighted by molar-refractivity contribution is 5.60. The predicted molar refractivity (Wildman–Crippen MR) is 65.1 cm³/mol. The van der Waals surface area contributed by atoms with Gasteiger partial charge in [0.2, 0.25) is 0 Å². The van der Waals surface area contributed by atoms with Crippen LogP contribution in [0.3, 0.4) is 0 Å². The van der Waals surface area contributed by atoms with E-state index in [1.807, 2.05) is 30.3 Å². The van der Waals surface area contributed by atoms with Crippen LogP contribution in [0.1, 0.15) is 5.69 Å². The van der Waals surface area contributed by atoms with E-state index in [9.17, 15) is 0 Å². The summed E-state index contributed by atoms with van der Waals surface area (Å²) in [5.74, 6) is 0.735. The molecule has 0 saturated heterocycles. The van der Waals surface area contributed by atoms with Crippen LogP contribution >= 0.6 is 0 Å². The van der Waals surface area contributed by atoms with Crippen LogP contribution in [0.5, 0.6) is 0 Å². The Bertz CT molecular complexity index is 442. The maximum atomic E-state index is 5.76. The third kappa shape index (κ3) is 2.70. The van der Waals surface area contributed by atoms with E-state index in [0.29, 0.717) is 5.69 Å². The highest BCUT2D eigenvalue weighted by Gasteiger charge is 1.98. The lowest BCUT2D eigenvalue weighted by atomic mass is 10.2. The number of hydrogen-bond acceptors (Lipinski definition) is 4. The van der Waals surface area contributed by atoms with Crippen molar-refractivity contribution in [1.82, 2.24) is 9.97 Å². The SMILES string of the molecule is Nc1cccnc1NCCc1ccccn1. The van der Waals surface area contributed by atoms with Crippen molar-refractivity contribution in [2.75, 3.05) is 17.6 Å². The third-order valence-electron chi connectivity index (χ3n) is 2.24. The van der Waals surface area contributed by atoms with Crippen molar-refractivity contribution < 1.29 is 0 Å². The second kappa shape index (κ2) is 5.11.